The summed E-state index contributed by atoms with van der Waals surface area (Å²) in [5.74, 6) is 6.91. The molecule has 0 N–H and O–H groups in total. The predicted octanol–water partition coefficient (Wildman–Crippen LogP) is 3.58. The topological polar surface area (TPSA) is 145 Å². The Morgan fingerprint density at radius 3 is 0.750 bits per heavy atom. The molecule has 0 fully saturated rings. The number of aromatic nitrogens is 4. The molecule has 26 rings (SSSR count). The number of halogens is 4. The van der Waals surface area contributed by atoms with Gasteiger partial charge >= 0.3 is 0 Å². The molecule has 0 spiro atoms. The third kappa shape index (κ3) is 30.0. The van der Waals surface area contributed by atoms with E-state index in [2.05, 4.69) is 227 Å². The molecule has 0 radical (unpaired) electrons. The largest absolute Gasteiger partial charge is 1.00 e. The lowest BCUT2D eigenvalue weighted by Crippen LogP contribution is -3.00. The van der Waals surface area contributed by atoms with Crippen LogP contribution in [0, 0.1) is 0 Å². The van der Waals surface area contributed by atoms with Crippen LogP contribution in [0.1, 0.15) is 108 Å². The Morgan fingerprint density at radius 1 is 0.250 bits per heavy atom. The summed E-state index contributed by atoms with van der Waals surface area (Å²) in [5.41, 5.74) is 16.7. The minimum absolute atomic E-state index is 0. The third-order valence-electron chi connectivity index (χ3n) is 20.4. The number of nitrogens with zero attached hydrogens (tertiary/aromatic N) is 4. The minimum Gasteiger partial charge on any atom is -1.00 e. The lowest BCUT2D eigenvalue weighted by atomic mass is 9.91. The van der Waals surface area contributed by atoms with Gasteiger partial charge in [0.25, 0.3) is 0 Å². The van der Waals surface area contributed by atoms with Gasteiger partial charge in [-0.3, -0.25) is 0 Å². The Kier molecular flexibility index (Phi) is 41.3. The number of aryl methyl sites for hydroxylation is 2. The van der Waals surface area contributed by atoms with Gasteiger partial charge in [0.2, 0.25) is 0 Å². The van der Waals surface area contributed by atoms with Crippen LogP contribution in [0.5, 0.6) is 46.0 Å². The first-order chi connectivity index (χ1) is 57.4. The average Bonchev–Trinajstić information content (AvgIpc) is 0.786. The molecule has 638 valence electrons. The van der Waals surface area contributed by atoms with Crippen LogP contribution in [0.4, 0.5) is 0 Å². The lowest BCUT2D eigenvalue weighted by Gasteiger charge is -2.22. The lowest BCUT2D eigenvalue weighted by molar-refractivity contribution is -0.697. The van der Waals surface area contributed by atoms with Crippen LogP contribution in [0.2, 0.25) is 0 Å². The number of fused-ring (bicyclic) bond motifs is 2. The van der Waals surface area contributed by atoms with Gasteiger partial charge in [0.15, 0.2) is 62.7 Å². The summed E-state index contributed by atoms with van der Waals surface area (Å²) in [5, 5.41) is 0. The van der Waals surface area contributed by atoms with Crippen molar-refractivity contribution in [2.24, 2.45) is 0 Å². The van der Waals surface area contributed by atoms with Gasteiger partial charge < -0.3 is 116 Å². The van der Waals surface area contributed by atoms with Gasteiger partial charge in [-0.2, -0.15) is 0 Å². The highest BCUT2D eigenvalue weighted by Gasteiger charge is 2.23. The zero-order valence-electron chi connectivity index (χ0n) is 69.2. The monoisotopic (exact) mass is 1710 g/mol. The van der Waals surface area contributed by atoms with E-state index >= 15 is 0 Å². The van der Waals surface area contributed by atoms with E-state index in [-0.39, 0.29) is 49.6 Å². The van der Waals surface area contributed by atoms with Gasteiger partial charge in [0, 0.05) is 98.2 Å². The van der Waals surface area contributed by atoms with E-state index in [1.165, 1.54) is 33.4 Å². The summed E-state index contributed by atoms with van der Waals surface area (Å²) in [7, 11) is 0. The van der Waals surface area contributed by atoms with Crippen LogP contribution in [-0.4, -0.2) is 132 Å². The molecule has 120 heavy (non-hydrogen) atoms. The molecule has 0 saturated heterocycles. The zero-order chi connectivity index (χ0) is 79.2. The zero-order valence-corrected chi connectivity index (χ0v) is 72.2. The van der Waals surface area contributed by atoms with Crippen molar-refractivity contribution in [1.82, 2.24) is 0 Å². The Labute approximate surface area is 733 Å². The summed E-state index contributed by atoms with van der Waals surface area (Å²) in [4.78, 5) is 0. The maximum absolute atomic E-state index is 7.01. The predicted molar refractivity (Wildman–Crippen MR) is 447 cm³/mol. The van der Waals surface area contributed by atoms with E-state index < -0.39 is 0 Å². The quantitative estimate of drug-likeness (QED) is 0.224. The van der Waals surface area contributed by atoms with Gasteiger partial charge in [-0.25, -0.2) is 18.3 Å². The first-order valence-electron chi connectivity index (χ1n) is 41.6. The first kappa shape index (κ1) is 94.3. The third-order valence-corrected chi connectivity index (χ3v) is 20.4. The van der Waals surface area contributed by atoms with Crippen molar-refractivity contribution >= 4 is 0 Å². The van der Waals surface area contributed by atoms with E-state index in [1.54, 1.807) is 0 Å². The van der Waals surface area contributed by atoms with Gasteiger partial charge in [-0.1, -0.05) is 111 Å². The molecule has 4 aromatic heterocycles. The van der Waals surface area contributed by atoms with Crippen LogP contribution in [0.3, 0.4) is 0 Å². The standard InChI is InChI=1S/C70H74N4O4.C28H40O10.4ClH/c1-3-43-75-67-59-13-9-14-60(67)48-64-18-12-20-66-50-62-16-10-15-61(68(62)76-44-4-2)49-65-19-11-17-63(47-59)69(65)77-45-7-5-33-71-35-25-55(26-36-71)57-29-39-73(40-30-57)51-53-21-23-54(24-22-53)52-74-41-31-58(32-42-74)56-27-37-72(38-28-56)34-6-8-46-78-70(64)66;1-2-26-4-3-25(1)35-21-17-31-13-9-29-11-15-33-19-23-37-27-5-7-28(8-6-27)38-24-20-34-16-12-30-10-14-32-18-22-36-26;;;;/h9-32,35-42H,3-8,33-34,43-52H2,1-2H3;1-8H,9-24H2;4*1H/q+4;;;;;/p-4. The molecule has 24 bridgehead atoms. The van der Waals surface area contributed by atoms with Crippen molar-refractivity contribution in [1.29, 1.82) is 0 Å². The van der Waals surface area contributed by atoms with Gasteiger partial charge in [0.1, 0.15) is 85.5 Å². The molecular weight excluding hydrogens is 1600 g/mol. The van der Waals surface area contributed by atoms with Gasteiger partial charge in [0.05, 0.1) is 106 Å². The second-order valence-corrected chi connectivity index (χ2v) is 29.1. The Bertz CT molecular complexity index is 4280. The Balaban J connectivity index is 0.000000331. The minimum atomic E-state index is 0. The number of rotatable bonds is 6. The molecule has 7 aromatic carbocycles. The SMILES string of the molecule is CCCOc1c2cccc1Cc1cccc3c1OCCCC[n+]1ccc(cc1)-c1cc[n+](cc1)Cc1ccc(cc1)C[n+]1ccc(cc1)-c1cc[n+](cc1)CCCCOc1c(cccc1Cc1cccc(c1OCCC)C3)C2.[Cl-].[Cl-].[Cl-].[Cl-].c1cc2ccc1OCCOCCOCCOCCOc1ccc(cc1)OCCOCCOCCOCCO2. The molecular formula is C98H114Cl4N4O14. The summed E-state index contributed by atoms with van der Waals surface area (Å²) < 4.78 is 92.5. The summed E-state index contributed by atoms with van der Waals surface area (Å²) >= 11 is 0. The highest BCUT2D eigenvalue weighted by Crippen LogP contribution is 2.40. The summed E-state index contributed by atoms with van der Waals surface area (Å²) in [6.45, 7) is 18.1. The van der Waals surface area contributed by atoms with E-state index in [0.29, 0.717) is 158 Å². The fraction of sp³-hybridized carbons (Fsp3) is 0.367. The van der Waals surface area contributed by atoms with Crippen LogP contribution < -0.4 is 106 Å². The fourth-order valence-electron chi connectivity index (χ4n) is 14.3. The molecule has 0 saturated carbocycles. The van der Waals surface area contributed by atoms with E-state index in [0.717, 1.165) is 155 Å². The smallest absolute Gasteiger partial charge is 0.173 e. The van der Waals surface area contributed by atoms with Crippen molar-refractivity contribution in [3.05, 3.63) is 299 Å². The molecule has 1 aliphatic carbocycles. The van der Waals surface area contributed by atoms with Crippen molar-refractivity contribution in [3.63, 3.8) is 0 Å². The van der Waals surface area contributed by atoms with Crippen LogP contribution in [0.25, 0.3) is 22.3 Å². The van der Waals surface area contributed by atoms with Crippen molar-refractivity contribution in [3.8, 4) is 68.2 Å². The van der Waals surface area contributed by atoms with E-state index in [1.807, 2.05) is 48.5 Å². The second-order valence-electron chi connectivity index (χ2n) is 29.1. The number of hydrogen-bond acceptors (Lipinski definition) is 14. The van der Waals surface area contributed by atoms with E-state index in [4.69, 9.17) is 66.3 Å². The van der Waals surface area contributed by atoms with Crippen LogP contribution >= 0.6 is 0 Å². The van der Waals surface area contributed by atoms with Gasteiger partial charge in [-0.05, 0) is 141 Å². The van der Waals surface area contributed by atoms with Crippen LogP contribution in [0.15, 0.2) is 244 Å². The summed E-state index contributed by atoms with van der Waals surface area (Å²) in [6, 6.07) is 68.4. The maximum atomic E-state index is 7.01. The highest BCUT2D eigenvalue weighted by atomic mass is 35.5. The summed E-state index contributed by atoms with van der Waals surface area (Å²) in [6.07, 6.45) is 26.0. The Morgan fingerprint density at radius 2 is 0.492 bits per heavy atom. The number of ether oxygens (including phenoxy) is 14. The van der Waals surface area contributed by atoms with Crippen molar-refractivity contribution < 1.29 is 134 Å². The van der Waals surface area contributed by atoms with Crippen molar-refractivity contribution in [2.45, 2.75) is 104 Å². The molecule has 15 aliphatic rings. The molecule has 0 amide bonds. The molecule has 22 heteroatoms. The van der Waals surface area contributed by atoms with Crippen molar-refractivity contribution in [2.75, 3.05) is 132 Å². The maximum Gasteiger partial charge on any atom is 0.173 e. The average molecular weight is 1710 g/mol. The number of pyridine rings is 4. The molecule has 18 heterocycles. The van der Waals surface area contributed by atoms with Gasteiger partial charge in [-0.15, -0.1) is 0 Å². The Hall–Kier alpha value is -9.54. The number of para-hydroxylation sites is 4. The number of benzene rings is 7. The molecule has 0 unspecified atom stereocenters. The van der Waals surface area contributed by atoms with E-state index in [9.17, 15) is 0 Å². The molecule has 18 nitrogen and oxygen atoms in total. The molecule has 0 atom stereocenters. The fourth-order valence-corrected chi connectivity index (χ4v) is 14.3. The number of hydrogen-bond donors (Lipinski definition) is 0. The highest BCUT2D eigenvalue weighted by molar-refractivity contribution is 5.62. The molecule has 11 aromatic rings. The molecule has 14 aliphatic heterocycles. The van der Waals surface area contributed by atoms with Crippen LogP contribution in [-0.2, 0) is 80.3 Å². The second kappa shape index (κ2) is 52.6. The normalized spacial score (nSPS) is 15.2. The first-order valence-corrected chi connectivity index (χ1v) is 41.6.